The maximum Gasteiger partial charge on any atom is 0.272 e. The second-order valence-electron chi connectivity index (χ2n) is 7.15. The Bertz CT molecular complexity index is 988. The molecule has 0 atom stereocenters. The number of fused-ring (bicyclic) bond motifs is 1. The minimum absolute atomic E-state index is 0. The van der Waals surface area contributed by atoms with Gasteiger partial charge >= 0.3 is 0 Å². The molecule has 0 aliphatic heterocycles. The summed E-state index contributed by atoms with van der Waals surface area (Å²) >= 11 is 0. The van der Waals surface area contributed by atoms with Crippen LogP contribution in [-0.4, -0.2) is 49.4 Å². The fourth-order valence-electron chi connectivity index (χ4n) is 3.28. The normalized spacial score (nSPS) is 10.8. The van der Waals surface area contributed by atoms with Crippen LogP contribution in [0.25, 0.3) is 22.0 Å². The van der Waals surface area contributed by atoms with Gasteiger partial charge in [-0.3, -0.25) is 4.79 Å². The molecule has 0 bridgehead atoms. The number of anilines is 1. The Hall–Kier alpha value is -2.57. The lowest BCUT2D eigenvalue weighted by Gasteiger charge is -2.14. The van der Waals surface area contributed by atoms with Gasteiger partial charge in [0.25, 0.3) is 5.56 Å². The molecule has 29 heavy (non-hydrogen) atoms. The van der Waals surface area contributed by atoms with E-state index >= 15 is 0 Å². The maximum absolute atomic E-state index is 12.0. The van der Waals surface area contributed by atoms with Gasteiger partial charge in [0.2, 0.25) is 0 Å². The molecular weight excluding hydrogens is 388 g/mol. The summed E-state index contributed by atoms with van der Waals surface area (Å²) in [6, 6.07) is 13.5. The molecule has 0 fully saturated rings. The number of hydrogen-bond acceptors (Lipinski definition) is 5. The number of benzene rings is 2. The summed E-state index contributed by atoms with van der Waals surface area (Å²) in [6.45, 7) is 2.00. The SMILES string of the molecule is COc1ccc(-c2n[nH]c(=O)c3ccccc23)cc1NCCCCCN(C)C.Cl. The zero-order valence-electron chi connectivity index (χ0n) is 17.2. The van der Waals surface area contributed by atoms with Crippen LogP contribution in [0.15, 0.2) is 47.3 Å². The Balaban J connectivity index is 0.00000300. The van der Waals surface area contributed by atoms with E-state index in [2.05, 4.69) is 34.5 Å². The van der Waals surface area contributed by atoms with Crippen molar-refractivity contribution in [3.05, 3.63) is 52.8 Å². The van der Waals surface area contributed by atoms with Gasteiger partial charge < -0.3 is 15.0 Å². The van der Waals surface area contributed by atoms with E-state index in [0.717, 1.165) is 47.6 Å². The minimum atomic E-state index is -0.177. The Morgan fingerprint density at radius 2 is 1.83 bits per heavy atom. The fourth-order valence-corrected chi connectivity index (χ4v) is 3.28. The van der Waals surface area contributed by atoms with Crippen LogP contribution in [0.4, 0.5) is 5.69 Å². The van der Waals surface area contributed by atoms with Crippen molar-refractivity contribution < 1.29 is 4.74 Å². The van der Waals surface area contributed by atoms with Gasteiger partial charge in [-0.25, -0.2) is 5.10 Å². The van der Waals surface area contributed by atoms with Gasteiger partial charge in [-0.2, -0.15) is 5.10 Å². The van der Waals surface area contributed by atoms with Gasteiger partial charge in [-0.15, -0.1) is 12.4 Å². The lowest BCUT2D eigenvalue weighted by Crippen LogP contribution is -2.13. The molecule has 0 spiro atoms. The van der Waals surface area contributed by atoms with Crippen LogP contribution in [-0.2, 0) is 0 Å². The van der Waals surface area contributed by atoms with E-state index < -0.39 is 0 Å². The van der Waals surface area contributed by atoms with E-state index in [1.54, 1.807) is 7.11 Å². The third-order valence-electron chi connectivity index (χ3n) is 4.77. The first-order valence-electron chi connectivity index (χ1n) is 9.64. The first kappa shape index (κ1) is 22.7. The first-order chi connectivity index (χ1) is 13.6. The number of hydrogen-bond donors (Lipinski definition) is 2. The average molecular weight is 417 g/mol. The van der Waals surface area contributed by atoms with E-state index in [1.165, 1.54) is 12.8 Å². The summed E-state index contributed by atoms with van der Waals surface area (Å²) in [4.78, 5) is 14.3. The number of rotatable bonds is 9. The molecule has 7 heteroatoms. The predicted molar refractivity (Wildman–Crippen MR) is 122 cm³/mol. The second-order valence-corrected chi connectivity index (χ2v) is 7.15. The van der Waals surface area contributed by atoms with Gasteiger partial charge in [-0.1, -0.05) is 24.6 Å². The number of nitrogens with zero attached hydrogens (tertiary/aromatic N) is 2. The highest BCUT2D eigenvalue weighted by atomic mass is 35.5. The number of aromatic amines is 1. The first-order valence-corrected chi connectivity index (χ1v) is 9.64. The molecule has 1 aromatic heterocycles. The lowest BCUT2D eigenvalue weighted by atomic mass is 10.0. The Kier molecular flexibility index (Phi) is 8.49. The summed E-state index contributed by atoms with van der Waals surface area (Å²) in [5, 5.41) is 11.9. The van der Waals surface area contributed by atoms with Crippen molar-refractivity contribution >= 4 is 28.9 Å². The Morgan fingerprint density at radius 3 is 2.55 bits per heavy atom. The summed E-state index contributed by atoms with van der Waals surface area (Å²) in [5.74, 6) is 0.797. The molecule has 156 valence electrons. The molecule has 1 heterocycles. The number of nitrogens with one attached hydrogen (secondary N) is 2. The molecule has 0 amide bonds. The molecule has 3 aromatic rings. The quantitative estimate of drug-likeness (QED) is 0.512. The number of unbranched alkanes of at least 4 members (excludes halogenated alkanes) is 2. The smallest absolute Gasteiger partial charge is 0.272 e. The van der Waals surface area contributed by atoms with Gasteiger partial charge in [0.15, 0.2) is 0 Å². The summed E-state index contributed by atoms with van der Waals surface area (Å²) < 4.78 is 5.51. The molecule has 2 aromatic carbocycles. The maximum atomic E-state index is 12.0. The zero-order valence-corrected chi connectivity index (χ0v) is 18.0. The average Bonchev–Trinajstić information content (AvgIpc) is 2.71. The minimum Gasteiger partial charge on any atom is -0.495 e. The lowest BCUT2D eigenvalue weighted by molar-refractivity contribution is 0.392. The molecule has 0 aliphatic rings. The van der Waals surface area contributed by atoms with Gasteiger partial charge in [0, 0.05) is 17.5 Å². The van der Waals surface area contributed by atoms with Crippen molar-refractivity contribution in [2.75, 3.05) is 39.6 Å². The van der Waals surface area contributed by atoms with Crippen molar-refractivity contribution in [2.24, 2.45) is 0 Å². The van der Waals surface area contributed by atoms with Crippen LogP contribution < -0.4 is 15.6 Å². The Morgan fingerprint density at radius 1 is 1.07 bits per heavy atom. The molecule has 0 saturated carbocycles. The van der Waals surface area contributed by atoms with Crippen molar-refractivity contribution in [1.82, 2.24) is 15.1 Å². The third kappa shape index (κ3) is 5.71. The highest BCUT2D eigenvalue weighted by molar-refractivity contribution is 5.94. The van der Waals surface area contributed by atoms with Gasteiger partial charge in [0.1, 0.15) is 5.75 Å². The Labute approximate surface area is 177 Å². The summed E-state index contributed by atoms with van der Waals surface area (Å²) in [7, 11) is 5.87. The van der Waals surface area contributed by atoms with Crippen LogP contribution in [0.3, 0.4) is 0 Å². The third-order valence-corrected chi connectivity index (χ3v) is 4.77. The summed E-state index contributed by atoms with van der Waals surface area (Å²) in [5.41, 5.74) is 2.45. The van der Waals surface area contributed by atoms with Crippen molar-refractivity contribution in [1.29, 1.82) is 0 Å². The standard InChI is InChI=1S/C22H28N4O2.ClH/c1-26(2)14-8-4-7-13-23-19-15-16(11-12-20(19)28-3)21-17-9-5-6-10-18(17)22(27)25-24-21;/h5-6,9-12,15,23H,4,7-8,13-14H2,1-3H3,(H,25,27);1H. The van der Waals surface area contributed by atoms with Crippen molar-refractivity contribution in [3.8, 4) is 17.0 Å². The second kappa shape index (κ2) is 10.8. The molecule has 6 nitrogen and oxygen atoms in total. The molecule has 0 aliphatic carbocycles. The predicted octanol–water partition coefficient (Wildman–Crippen LogP) is 4.16. The highest BCUT2D eigenvalue weighted by Crippen LogP contribution is 2.32. The number of ether oxygens (including phenoxy) is 1. The summed E-state index contributed by atoms with van der Waals surface area (Å²) in [6.07, 6.45) is 3.47. The van der Waals surface area contributed by atoms with Crippen LogP contribution >= 0.6 is 12.4 Å². The van der Waals surface area contributed by atoms with Crippen LogP contribution in [0, 0.1) is 0 Å². The molecule has 0 radical (unpaired) electrons. The van der Waals surface area contributed by atoms with E-state index in [4.69, 9.17) is 4.74 Å². The van der Waals surface area contributed by atoms with Gasteiger partial charge in [0.05, 0.1) is 23.9 Å². The molecule has 3 rings (SSSR count). The van der Waals surface area contributed by atoms with E-state index in [1.807, 2.05) is 42.5 Å². The number of halogens is 1. The molecule has 0 unspecified atom stereocenters. The van der Waals surface area contributed by atoms with E-state index in [0.29, 0.717) is 5.39 Å². The highest BCUT2D eigenvalue weighted by Gasteiger charge is 2.11. The topological polar surface area (TPSA) is 70.2 Å². The monoisotopic (exact) mass is 416 g/mol. The molecular formula is C22H29ClN4O2. The van der Waals surface area contributed by atoms with Gasteiger partial charge in [-0.05, 0) is 57.7 Å². The van der Waals surface area contributed by atoms with E-state index in [9.17, 15) is 4.79 Å². The number of methoxy groups -OCH3 is 1. The van der Waals surface area contributed by atoms with Crippen molar-refractivity contribution in [3.63, 3.8) is 0 Å². The van der Waals surface area contributed by atoms with E-state index in [-0.39, 0.29) is 18.0 Å². The molecule has 2 N–H and O–H groups in total. The van der Waals surface area contributed by atoms with Crippen LogP contribution in [0.5, 0.6) is 5.75 Å². The zero-order chi connectivity index (χ0) is 19.9. The number of aromatic nitrogens is 2. The van der Waals surface area contributed by atoms with Crippen molar-refractivity contribution in [2.45, 2.75) is 19.3 Å². The van der Waals surface area contributed by atoms with Crippen LogP contribution in [0.2, 0.25) is 0 Å². The van der Waals surface area contributed by atoms with Crippen LogP contribution in [0.1, 0.15) is 19.3 Å². The number of H-pyrrole nitrogens is 1. The fraction of sp³-hybridized carbons (Fsp3) is 0.364. The molecule has 0 saturated heterocycles. The largest absolute Gasteiger partial charge is 0.495 e.